The number of para-hydroxylation sites is 2. The molecule has 2 aromatic carbocycles. The van der Waals surface area contributed by atoms with Crippen LogP contribution < -0.4 is 10.1 Å². The van der Waals surface area contributed by atoms with E-state index in [9.17, 15) is 9.59 Å². The summed E-state index contributed by atoms with van der Waals surface area (Å²) in [7, 11) is 1.55. The maximum absolute atomic E-state index is 12.9. The van der Waals surface area contributed by atoms with Crippen molar-refractivity contribution in [1.29, 1.82) is 0 Å². The number of carbonyl (C=O) groups excluding carboxylic acids is 2. The van der Waals surface area contributed by atoms with E-state index in [0.29, 0.717) is 23.1 Å². The average Bonchev–Trinajstić information content (AvgIpc) is 2.97. The van der Waals surface area contributed by atoms with Gasteiger partial charge in [-0.2, -0.15) is 0 Å². The predicted octanol–water partition coefficient (Wildman–Crippen LogP) is 4.37. The molecule has 1 atom stereocenters. The van der Waals surface area contributed by atoms with Gasteiger partial charge in [0.25, 0.3) is 0 Å². The number of methoxy groups -OCH3 is 1. The average molecular weight is 412 g/mol. The summed E-state index contributed by atoms with van der Waals surface area (Å²) in [4.78, 5) is 31.8. The van der Waals surface area contributed by atoms with Gasteiger partial charge in [-0.25, -0.2) is 4.99 Å². The monoisotopic (exact) mass is 411 g/mol. The molecule has 2 aromatic rings. The Kier molecular flexibility index (Phi) is 6.93. The summed E-state index contributed by atoms with van der Waals surface area (Å²) in [6.45, 7) is 4.61. The lowest BCUT2D eigenvalue weighted by Gasteiger charge is -2.15. The summed E-state index contributed by atoms with van der Waals surface area (Å²) in [5, 5.41) is 3.00. The molecule has 0 saturated carbocycles. The lowest BCUT2D eigenvalue weighted by molar-refractivity contribution is -0.128. The summed E-state index contributed by atoms with van der Waals surface area (Å²) >= 11 is 1.35. The Balaban J connectivity index is 1.74. The quantitative estimate of drug-likeness (QED) is 0.734. The van der Waals surface area contributed by atoms with Crippen LogP contribution in [-0.2, 0) is 9.59 Å². The second-order valence-corrected chi connectivity index (χ2v) is 7.95. The number of anilines is 1. The Bertz CT molecular complexity index is 929. The number of ether oxygens (including phenoxy) is 1. The fourth-order valence-corrected chi connectivity index (χ4v) is 4.26. The zero-order valence-electron chi connectivity index (χ0n) is 16.8. The number of aryl methyl sites for hydroxylation is 1. The minimum Gasteiger partial charge on any atom is -0.495 e. The third kappa shape index (κ3) is 5.17. The third-order valence-electron chi connectivity index (χ3n) is 4.45. The van der Waals surface area contributed by atoms with Crippen LogP contribution >= 0.6 is 11.8 Å². The van der Waals surface area contributed by atoms with Crippen LogP contribution in [0, 0.1) is 6.92 Å². The van der Waals surface area contributed by atoms with E-state index in [-0.39, 0.29) is 18.2 Å². The highest BCUT2D eigenvalue weighted by Crippen LogP contribution is 2.32. The lowest BCUT2D eigenvalue weighted by atomic mass is 10.2. The number of nitrogens with zero attached hydrogens (tertiary/aromatic N) is 2. The molecule has 0 aromatic heterocycles. The first-order valence-corrected chi connectivity index (χ1v) is 10.5. The molecular formula is C22H25N3O3S. The van der Waals surface area contributed by atoms with E-state index in [4.69, 9.17) is 4.74 Å². The van der Waals surface area contributed by atoms with E-state index in [1.807, 2.05) is 50.2 Å². The maximum atomic E-state index is 12.9. The van der Waals surface area contributed by atoms with Crippen molar-refractivity contribution in [2.75, 3.05) is 19.0 Å². The Morgan fingerprint density at radius 1 is 1.24 bits per heavy atom. The van der Waals surface area contributed by atoms with Crippen LogP contribution in [0.5, 0.6) is 5.75 Å². The normalized spacial score (nSPS) is 17.6. The van der Waals surface area contributed by atoms with E-state index in [1.165, 1.54) is 11.8 Å². The molecule has 0 unspecified atom stereocenters. The minimum absolute atomic E-state index is 0.0709. The maximum Gasteiger partial charge on any atom is 0.242 e. The predicted molar refractivity (Wildman–Crippen MR) is 118 cm³/mol. The SMILES string of the molecule is CCCN1C(=O)[C@H](CC(=O)Nc2ccccc2OC)SC1=Nc1cccc(C)c1. The van der Waals surface area contributed by atoms with Gasteiger partial charge in [0.2, 0.25) is 11.8 Å². The Hall–Kier alpha value is -2.80. The van der Waals surface area contributed by atoms with Crippen LogP contribution in [0.25, 0.3) is 0 Å². The van der Waals surface area contributed by atoms with E-state index < -0.39 is 5.25 Å². The van der Waals surface area contributed by atoms with Crippen LogP contribution in [0.2, 0.25) is 0 Å². The minimum atomic E-state index is -0.486. The molecule has 1 aliphatic heterocycles. The van der Waals surface area contributed by atoms with Gasteiger partial charge in [0, 0.05) is 13.0 Å². The van der Waals surface area contributed by atoms with Crippen molar-refractivity contribution < 1.29 is 14.3 Å². The summed E-state index contributed by atoms with van der Waals surface area (Å²) in [5.74, 6) is 0.285. The summed E-state index contributed by atoms with van der Waals surface area (Å²) in [5.41, 5.74) is 2.51. The van der Waals surface area contributed by atoms with Gasteiger partial charge in [0.1, 0.15) is 11.0 Å². The van der Waals surface area contributed by atoms with E-state index in [0.717, 1.165) is 17.7 Å². The van der Waals surface area contributed by atoms with Gasteiger partial charge in [-0.3, -0.25) is 14.5 Å². The van der Waals surface area contributed by atoms with Crippen molar-refractivity contribution in [3.63, 3.8) is 0 Å². The molecule has 0 radical (unpaired) electrons. The van der Waals surface area contributed by atoms with E-state index in [1.54, 1.807) is 24.1 Å². The first-order chi connectivity index (χ1) is 14.0. The number of aliphatic imine (C=N–C) groups is 1. The molecule has 29 heavy (non-hydrogen) atoms. The van der Waals surface area contributed by atoms with Crippen LogP contribution in [0.3, 0.4) is 0 Å². The third-order valence-corrected chi connectivity index (χ3v) is 5.62. The molecule has 1 heterocycles. The molecule has 1 fully saturated rings. The molecule has 1 saturated heterocycles. The number of rotatable bonds is 7. The standard InChI is InChI=1S/C22H25N3O3S/c1-4-12-25-21(27)19(29-22(25)23-16-9-7-8-15(2)13-16)14-20(26)24-17-10-5-6-11-18(17)28-3/h5-11,13,19H,4,12,14H2,1-3H3,(H,24,26)/t19-/m0/s1. The number of benzene rings is 2. The van der Waals surface area contributed by atoms with Crippen molar-refractivity contribution in [3.05, 3.63) is 54.1 Å². The first-order valence-electron chi connectivity index (χ1n) is 9.58. The molecule has 1 N–H and O–H groups in total. The summed E-state index contributed by atoms with van der Waals surface area (Å²) < 4.78 is 5.27. The molecule has 0 aliphatic carbocycles. The van der Waals surface area contributed by atoms with E-state index >= 15 is 0 Å². The van der Waals surface area contributed by atoms with Crippen molar-refractivity contribution in [2.24, 2.45) is 4.99 Å². The second kappa shape index (κ2) is 9.60. The van der Waals surface area contributed by atoms with Crippen molar-refractivity contribution in [3.8, 4) is 5.75 Å². The Morgan fingerprint density at radius 2 is 2.03 bits per heavy atom. The number of nitrogens with one attached hydrogen (secondary N) is 1. The van der Waals surface area contributed by atoms with E-state index in [2.05, 4.69) is 10.3 Å². The Morgan fingerprint density at radius 3 is 2.76 bits per heavy atom. The zero-order valence-corrected chi connectivity index (χ0v) is 17.7. The van der Waals surface area contributed by atoms with Crippen molar-refractivity contribution >= 4 is 40.1 Å². The highest BCUT2D eigenvalue weighted by molar-refractivity contribution is 8.15. The molecule has 0 spiro atoms. The molecule has 2 amide bonds. The van der Waals surface area contributed by atoms with Gasteiger partial charge >= 0.3 is 0 Å². The number of amidine groups is 1. The number of thioether (sulfide) groups is 1. The largest absolute Gasteiger partial charge is 0.495 e. The number of hydrogen-bond acceptors (Lipinski definition) is 5. The molecule has 152 valence electrons. The number of hydrogen-bond donors (Lipinski definition) is 1. The lowest BCUT2D eigenvalue weighted by Crippen LogP contribution is -2.34. The van der Waals surface area contributed by atoms with Crippen LogP contribution in [0.15, 0.2) is 53.5 Å². The fourth-order valence-electron chi connectivity index (χ4n) is 3.08. The highest BCUT2D eigenvalue weighted by Gasteiger charge is 2.38. The molecule has 0 bridgehead atoms. The van der Waals surface area contributed by atoms with Crippen LogP contribution in [0.4, 0.5) is 11.4 Å². The van der Waals surface area contributed by atoms with Crippen LogP contribution in [-0.4, -0.2) is 40.8 Å². The second-order valence-electron chi connectivity index (χ2n) is 6.78. The topological polar surface area (TPSA) is 71.0 Å². The Labute approximate surface area is 175 Å². The summed E-state index contributed by atoms with van der Waals surface area (Å²) in [6, 6.07) is 15.0. The molecule has 7 heteroatoms. The van der Waals surface area contributed by atoms with Crippen molar-refractivity contribution in [1.82, 2.24) is 4.90 Å². The molecule has 3 rings (SSSR count). The molecular weight excluding hydrogens is 386 g/mol. The van der Waals surface area contributed by atoms with Gasteiger partial charge in [0.15, 0.2) is 5.17 Å². The summed E-state index contributed by atoms with van der Waals surface area (Å²) in [6.07, 6.45) is 0.897. The van der Waals surface area contributed by atoms with Gasteiger partial charge in [-0.1, -0.05) is 43.0 Å². The van der Waals surface area contributed by atoms with Gasteiger partial charge in [0.05, 0.1) is 18.5 Å². The number of carbonyl (C=O) groups is 2. The fraction of sp³-hybridized carbons (Fsp3) is 0.318. The zero-order chi connectivity index (χ0) is 20.8. The van der Waals surface area contributed by atoms with Gasteiger partial charge in [-0.05, 0) is 43.2 Å². The first kappa shape index (κ1) is 20.9. The van der Waals surface area contributed by atoms with Crippen LogP contribution in [0.1, 0.15) is 25.3 Å². The van der Waals surface area contributed by atoms with Gasteiger partial charge < -0.3 is 10.1 Å². The smallest absolute Gasteiger partial charge is 0.242 e. The van der Waals surface area contributed by atoms with Crippen molar-refractivity contribution in [2.45, 2.75) is 31.9 Å². The number of amides is 2. The molecule has 1 aliphatic rings. The molecule has 6 nitrogen and oxygen atoms in total. The van der Waals surface area contributed by atoms with Gasteiger partial charge in [-0.15, -0.1) is 0 Å². The highest BCUT2D eigenvalue weighted by atomic mass is 32.2.